The summed E-state index contributed by atoms with van der Waals surface area (Å²) in [4.78, 5) is 38.8. The number of rotatable bonds is 15. The number of sulfonamides is 1. The summed E-state index contributed by atoms with van der Waals surface area (Å²) in [5, 5.41) is 11.0. The smallest absolute Gasteiger partial charge is 0.434 e. The van der Waals surface area contributed by atoms with Gasteiger partial charge in [-0.1, -0.05) is 0 Å². The van der Waals surface area contributed by atoms with Crippen LogP contribution in [0.3, 0.4) is 0 Å². The largest absolute Gasteiger partial charge is 0.480 e. The first-order chi connectivity index (χ1) is 35.2. The van der Waals surface area contributed by atoms with Crippen LogP contribution in [-0.4, -0.2) is 124 Å². The second kappa shape index (κ2) is 25.2. The van der Waals surface area contributed by atoms with Gasteiger partial charge in [-0.3, -0.25) is 9.59 Å². The molecule has 0 saturated carbocycles. The van der Waals surface area contributed by atoms with Crippen LogP contribution in [0, 0.1) is 11.6 Å². The number of aryl methyl sites for hydroxylation is 2. The third-order valence-electron chi connectivity index (χ3n) is 11.1. The summed E-state index contributed by atoms with van der Waals surface area (Å²) < 4.78 is 189. The van der Waals surface area contributed by atoms with Crippen molar-refractivity contribution in [3.05, 3.63) is 120 Å². The molecule has 6 heterocycles. The SMILES string of the molecule is COc1nn(-c2cnc(C(F)(F)F)cn2)cc1CCC(=O)[C@@H]1C[C@@H](F)CN1.COc1nn(-c2cnc(C(F)(F)F)cn2)cc1CCC(=O)[C@@H]1C[C@@H](F)CN1S(=O)(=O)c1ccc(F)cc1.Cl.O=S(=O)(Cl)c1ccc(F)cc1. The van der Waals surface area contributed by atoms with E-state index in [1.807, 2.05) is 0 Å². The summed E-state index contributed by atoms with van der Waals surface area (Å²) in [6.07, 6.45) is -5.79. The van der Waals surface area contributed by atoms with Crippen molar-refractivity contribution in [3.63, 3.8) is 0 Å². The fourth-order valence-corrected chi connectivity index (χ4v) is 9.75. The summed E-state index contributed by atoms with van der Waals surface area (Å²) in [6.45, 7) is -0.339. The Labute approximate surface area is 436 Å². The molecule has 76 heavy (non-hydrogen) atoms. The molecule has 4 aromatic heterocycles. The number of ether oxygens (including phenoxy) is 2. The number of halogens is 12. The number of hydrogen-bond donors (Lipinski definition) is 1. The van der Waals surface area contributed by atoms with E-state index in [2.05, 4.69) is 35.5 Å². The first kappa shape index (κ1) is 60.5. The zero-order valence-corrected chi connectivity index (χ0v) is 42.4. The molecule has 1 N–H and O–H groups in total. The molecule has 0 spiro atoms. The quantitative estimate of drug-likeness (QED) is 0.0793. The number of nitrogens with one attached hydrogen (secondary N) is 1. The third kappa shape index (κ3) is 15.6. The molecule has 412 valence electrons. The Kier molecular flexibility index (Phi) is 20.1. The lowest BCUT2D eigenvalue weighted by Gasteiger charge is -2.22. The summed E-state index contributed by atoms with van der Waals surface area (Å²) in [5.74, 6) is -1.45. The summed E-state index contributed by atoms with van der Waals surface area (Å²) in [6, 6.07) is 6.53. The van der Waals surface area contributed by atoms with E-state index in [0.717, 1.165) is 69.9 Å². The van der Waals surface area contributed by atoms with Gasteiger partial charge in [0.05, 0.1) is 60.9 Å². The first-order valence-corrected chi connectivity index (χ1v) is 25.5. The zero-order chi connectivity index (χ0) is 55.0. The maximum atomic E-state index is 14.2. The maximum absolute atomic E-state index is 14.2. The van der Waals surface area contributed by atoms with E-state index in [1.54, 1.807) is 0 Å². The van der Waals surface area contributed by atoms with Crippen molar-refractivity contribution in [1.82, 2.24) is 49.1 Å². The first-order valence-electron chi connectivity index (χ1n) is 21.8. The Balaban J connectivity index is 0.000000238. The van der Waals surface area contributed by atoms with Crippen molar-refractivity contribution in [2.75, 3.05) is 27.3 Å². The maximum Gasteiger partial charge on any atom is 0.434 e. The van der Waals surface area contributed by atoms with Crippen LogP contribution in [0.25, 0.3) is 11.6 Å². The number of carbonyl (C=O) groups is 2. The van der Waals surface area contributed by atoms with Crippen molar-refractivity contribution < 1.29 is 79.8 Å². The number of methoxy groups -OCH3 is 2. The Bertz CT molecular complexity index is 3160. The zero-order valence-electron chi connectivity index (χ0n) is 39.2. The van der Waals surface area contributed by atoms with E-state index in [9.17, 15) is 70.3 Å². The molecule has 0 radical (unpaired) electrons. The molecule has 2 fully saturated rings. The highest BCUT2D eigenvalue weighted by Gasteiger charge is 2.44. The molecule has 8 rings (SSSR count). The monoisotopic (exact) mass is 1160 g/mol. The van der Waals surface area contributed by atoms with Gasteiger partial charge in [0.2, 0.25) is 21.8 Å². The van der Waals surface area contributed by atoms with E-state index >= 15 is 0 Å². The van der Waals surface area contributed by atoms with E-state index < -0.39 is 91.2 Å². The molecule has 4 atom stereocenters. The van der Waals surface area contributed by atoms with Crippen molar-refractivity contribution >= 4 is 53.7 Å². The Hall–Kier alpha value is -6.34. The van der Waals surface area contributed by atoms with E-state index in [0.29, 0.717) is 29.9 Å². The van der Waals surface area contributed by atoms with E-state index in [1.165, 1.54) is 31.3 Å². The molecule has 6 aromatic rings. The number of nitrogens with zero attached hydrogens (tertiary/aromatic N) is 9. The van der Waals surface area contributed by atoms with Gasteiger partial charge in [0.1, 0.15) is 29.8 Å². The highest BCUT2D eigenvalue weighted by Crippen LogP contribution is 2.32. The molecular weight excluding hydrogens is 1120 g/mol. The standard InChI is InChI=1S/C22H20F5N5O4S.C16H17F4N5O2.C6H4ClFO2S.ClH/c1-36-21-13(11-31(30-21)20-10-28-19(9-29-20)22(25,26)27)2-7-18(33)17-8-15(24)12-32(17)37(34,35)16-5-3-14(23)4-6-16;1-27-15-9(2-3-12(26)11-4-10(17)5-21-11)8-25(24-15)14-7-22-13(6-23-14)16(18,19)20;7-11(9,10)6-3-1-5(8)2-4-6;/h3-6,9-11,15,17H,2,7-8,12H2,1H3;6-8,10-11,21H,2-5H2,1H3;1-4H;1H/t15-,17+;10-,11+;;/m11../s1. The van der Waals surface area contributed by atoms with E-state index in [-0.39, 0.29) is 90.0 Å². The highest BCUT2D eigenvalue weighted by atomic mass is 35.7. The second-order valence-electron chi connectivity index (χ2n) is 16.2. The van der Waals surface area contributed by atoms with Crippen LogP contribution in [0.2, 0.25) is 0 Å². The van der Waals surface area contributed by atoms with Gasteiger partial charge in [-0.2, -0.15) is 30.6 Å². The molecule has 0 bridgehead atoms. The van der Waals surface area contributed by atoms with Crippen LogP contribution in [0.15, 0.2) is 95.5 Å². The van der Waals surface area contributed by atoms with Gasteiger partial charge < -0.3 is 14.8 Å². The van der Waals surface area contributed by atoms with E-state index in [4.69, 9.17) is 20.2 Å². The molecule has 0 unspecified atom stereocenters. The van der Waals surface area contributed by atoms with Gasteiger partial charge in [0.25, 0.3) is 9.05 Å². The van der Waals surface area contributed by atoms with Gasteiger partial charge in [-0.05, 0) is 61.4 Å². The summed E-state index contributed by atoms with van der Waals surface area (Å²) in [7, 11) is -0.313. The number of alkyl halides is 8. The predicted molar refractivity (Wildman–Crippen MR) is 250 cm³/mol. The lowest BCUT2D eigenvalue weighted by molar-refractivity contribution is -0.142. The molecule has 2 aliphatic rings. The van der Waals surface area contributed by atoms with Crippen LogP contribution in [-0.2, 0) is 53.9 Å². The Morgan fingerprint density at radius 1 is 0.671 bits per heavy atom. The predicted octanol–water partition coefficient (Wildman–Crippen LogP) is 7.20. The van der Waals surface area contributed by atoms with Gasteiger partial charge in [-0.25, -0.2) is 63.7 Å². The van der Waals surface area contributed by atoms with Crippen LogP contribution >= 0.6 is 23.1 Å². The number of benzene rings is 2. The van der Waals surface area contributed by atoms with Gasteiger partial charge in [0.15, 0.2) is 28.8 Å². The number of aromatic nitrogens is 8. The van der Waals surface area contributed by atoms with Crippen molar-refractivity contribution in [2.24, 2.45) is 0 Å². The summed E-state index contributed by atoms with van der Waals surface area (Å²) >= 11 is 0. The number of hydrogen-bond acceptors (Lipinski definition) is 15. The van der Waals surface area contributed by atoms with Crippen LogP contribution < -0.4 is 14.8 Å². The molecule has 0 amide bonds. The third-order valence-corrected chi connectivity index (χ3v) is 14.3. The minimum atomic E-state index is -4.66. The van der Waals surface area contributed by atoms with Crippen LogP contribution in [0.1, 0.15) is 48.2 Å². The Morgan fingerprint density at radius 2 is 1.12 bits per heavy atom. The average Bonchev–Trinajstić information content (AvgIpc) is 4.18. The van der Waals surface area contributed by atoms with Gasteiger partial charge >= 0.3 is 12.4 Å². The van der Waals surface area contributed by atoms with Gasteiger partial charge in [0, 0.05) is 73.0 Å². The van der Waals surface area contributed by atoms with Gasteiger partial charge in [-0.15, -0.1) is 22.6 Å². The van der Waals surface area contributed by atoms with Crippen molar-refractivity contribution in [1.29, 1.82) is 0 Å². The van der Waals surface area contributed by atoms with Crippen molar-refractivity contribution in [3.8, 4) is 23.4 Å². The average molecular weight is 1160 g/mol. The Morgan fingerprint density at radius 3 is 1.50 bits per heavy atom. The molecule has 2 aromatic carbocycles. The molecule has 2 saturated heterocycles. The molecular formula is C44H42Cl2F10N10O8S2. The topological polar surface area (TPSA) is 223 Å². The number of carbonyl (C=O) groups excluding carboxylic acids is 2. The fourth-order valence-electron chi connectivity index (χ4n) is 7.33. The fraction of sp³-hybridized carbons (Fsp3) is 0.364. The molecule has 32 heteroatoms. The normalized spacial score (nSPS) is 17.9. The van der Waals surface area contributed by atoms with Crippen LogP contribution in [0.4, 0.5) is 43.9 Å². The summed E-state index contributed by atoms with van der Waals surface area (Å²) in [5.41, 5.74) is -1.31. The lowest BCUT2D eigenvalue weighted by atomic mass is 10.0. The number of ketones is 2. The minimum absolute atomic E-state index is 0. The molecule has 2 aliphatic heterocycles. The second-order valence-corrected chi connectivity index (χ2v) is 20.7. The van der Waals surface area contributed by atoms with Crippen molar-refractivity contribution in [2.45, 2.75) is 85.1 Å². The highest BCUT2D eigenvalue weighted by molar-refractivity contribution is 8.13. The molecule has 18 nitrogen and oxygen atoms in total. The lowest BCUT2D eigenvalue weighted by Crippen LogP contribution is -2.40. The molecule has 0 aliphatic carbocycles. The number of Topliss-reactive ketones (excluding diaryl/α,β-unsaturated/α-hetero) is 2. The minimum Gasteiger partial charge on any atom is -0.480 e. The van der Waals surface area contributed by atoms with Crippen LogP contribution in [0.5, 0.6) is 11.8 Å².